The molecule has 0 atom stereocenters. The van der Waals surface area contributed by atoms with Crippen LogP contribution in [-0.2, 0) is 4.79 Å². The molecule has 0 aromatic carbocycles. The van der Waals surface area contributed by atoms with Crippen LogP contribution in [0.3, 0.4) is 0 Å². The zero-order valence-corrected chi connectivity index (χ0v) is 7.74. The molecule has 1 amide bonds. The second-order valence-electron chi connectivity index (χ2n) is 2.68. The number of aromatic carboxylic acids is 1. The summed E-state index contributed by atoms with van der Waals surface area (Å²) in [4.78, 5) is 28.8. The molecular formula is C8H9N3O3. The Labute approximate surface area is 80.0 Å². The number of nitrogens with one attached hydrogen (secondary N) is 1. The van der Waals surface area contributed by atoms with E-state index in [1.807, 2.05) is 0 Å². The van der Waals surface area contributed by atoms with Crippen LogP contribution in [0, 0.1) is 6.92 Å². The van der Waals surface area contributed by atoms with Gasteiger partial charge in [-0.1, -0.05) is 0 Å². The van der Waals surface area contributed by atoms with Crippen molar-refractivity contribution in [3.63, 3.8) is 0 Å². The van der Waals surface area contributed by atoms with E-state index in [0.29, 0.717) is 5.69 Å². The molecule has 0 aliphatic heterocycles. The van der Waals surface area contributed by atoms with E-state index >= 15 is 0 Å². The molecule has 14 heavy (non-hydrogen) atoms. The molecule has 0 radical (unpaired) electrons. The van der Waals surface area contributed by atoms with Crippen LogP contribution < -0.4 is 5.32 Å². The van der Waals surface area contributed by atoms with Gasteiger partial charge in [0.2, 0.25) is 5.91 Å². The molecule has 0 bridgehead atoms. The minimum Gasteiger partial charge on any atom is -0.476 e. The van der Waals surface area contributed by atoms with Crippen molar-refractivity contribution in [2.45, 2.75) is 13.8 Å². The number of anilines is 1. The van der Waals surface area contributed by atoms with Gasteiger partial charge in [0, 0.05) is 6.92 Å². The third kappa shape index (κ3) is 2.25. The lowest BCUT2D eigenvalue weighted by atomic mass is 10.4. The zero-order chi connectivity index (χ0) is 10.7. The highest BCUT2D eigenvalue weighted by Gasteiger charge is 2.09. The van der Waals surface area contributed by atoms with Crippen LogP contribution in [0.2, 0.25) is 0 Å². The molecule has 74 valence electrons. The Kier molecular flexibility index (Phi) is 2.76. The third-order valence-corrected chi connectivity index (χ3v) is 1.47. The van der Waals surface area contributed by atoms with Crippen molar-refractivity contribution >= 4 is 17.7 Å². The first-order valence-corrected chi connectivity index (χ1v) is 3.85. The number of carboxylic acids is 1. The van der Waals surface area contributed by atoms with Crippen LogP contribution in [0.5, 0.6) is 0 Å². The molecule has 6 nitrogen and oxygen atoms in total. The number of carbonyl (C=O) groups is 2. The predicted octanol–water partition coefficient (Wildman–Crippen LogP) is 0.442. The molecule has 0 aliphatic rings. The van der Waals surface area contributed by atoms with Crippen LogP contribution >= 0.6 is 0 Å². The Bertz CT molecular complexity index is 389. The number of hydrogen-bond acceptors (Lipinski definition) is 4. The molecule has 0 aliphatic carbocycles. The Hall–Kier alpha value is -1.98. The minimum absolute atomic E-state index is 0.178. The van der Waals surface area contributed by atoms with E-state index in [-0.39, 0.29) is 17.4 Å². The van der Waals surface area contributed by atoms with E-state index in [1.54, 1.807) is 6.92 Å². The van der Waals surface area contributed by atoms with Gasteiger partial charge in [-0.3, -0.25) is 9.78 Å². The van der Waals surface area contributed by atoms with Gasteiger partial charge in [0.15, 0.2) is 11.5 Å². The molecule has 0 unspecified atom stereocenters. The Balaban J connectivity index is 3.08. The van der Waals surface area contributed by atoms with Gasteiger partial charge >= 0.3 is 5.97 Å². The van der Waals surface area contributed by atoms with Gasteiger partial charge < -0.3 is 10.4 Å². The second kappa shape index (κ2) is 3.82. The lowest BCUT2D eigenvalue weighted by molar-refractivity contribution is -0.114. The molecule has 1 aromatic rings. The lowest BCUT2D eigenvalue weighted by Gasteiger charge is -2.04. The molecule has 6 heteroatoms. The highest BCUT2D eigenvalue weighted by molar-refractivity contribution is 5.90. The lowest BCUT2D eigenvalue weighted by Crippen LogP contribution is -2.12. The fourth-order valence-electron chi connectivity index (χ4n) is 0.838. The Morgan fingerprint density at radius 1 is 1.50 bits per heavy atom. The quantitative estimate of drug-likeness (QED) is 0.714. The summed E-state index contributed by atoms with van der Waals surface area (Å²) in [6.45, 7) is 2.94. The maximum absolute atomic E-state index is 10.7. The summed E-state index contributed by atoms with van der Waals surface area (Å²) >= 11 is 0. The van der Waals surface area contributed by atoms with Gasteiger partial charge in [0.05, 0.1) is 11.9 Å². The molecule has 1 aromatic heterocycles. The highest BCUT2D eigenvalue weighted by Crippen LogP contribution is 2.08. The van der Waals surface area contributed by atoms with E-state index in [2.05, 4.69) is 15.3 Å². The maximum atomic E-state index is 10.7. The van der Waals surface area contributed by atoms with E-state index in [1.165, 1.54) is 6.92 Å². The average molecular weight is 195 g/mol. The average Bonchev–Trinajstić information content (AvgIpc) is 2.07. The number of hydrogen-bond donors (Lipinski definition) is 2. The number of aryl methyl sites for hydroxylation is 1. The van der Waals surface area contributed by atoms with Crippen molar-refractivity contribution < 1.29 is 14.7 Å². The first kappa shape index (κ1) is 10.1. The van der Waals surface area contributed by atoms with Gasteiger partial charge in [-0.25, -0.2) is 9.78 Å². The fraction of sp³-hybridized carbons (Fsp3) is 0.250. The monoisotopic (exact) mass is 195 g/mol. The van der Waals surface area contributed by atoms with Crippen LogP contribution in [-0.4, -0.2) is 27.0 Å². The highest BCUT2D eigenvalue weighted by atomic mass is 16.4. The van der Waals surface area contributed by atoms with Gasteiger partial charge in [-0.15, -0.1) is 0 Å². The number of carboxylic acid groups (broad SMARTS) is 1. The smallest absolute Gasteiger partial charge is 0.356 e. The summed E-state index contributed by atoms with van der Waals surface area (Å²) in [6, 6.07) is 0. The third-order valence-electron chi connectivity index (χ3n) is 1.47. The van der Waals surface area contributed by atoms with E-state index in [0.717, 1.165) is 6.20 Å². The van der Waals surface area contributed by atoms with E-state index in [4.69, 9.17) is 5.11 Å². The summed E-state index contributed by atoms with van der Waals surface area (Å²) < 4.78 is 0. The van der Waals surface area contributed by atoms with Crippen LogP contribution in [0.15, 0.2) is 6.20 Å². The summed E-state index contributed by atoms with van der Waals surface area (Å²) in [5.41, 5.74) is 0.282. The van der Waals surface area contributed by atoms with Gasteiger partial charge in [0.1, 0.15) is 0 Å². The molecular weight excluding hydrogens is 186 g/mol. The first-order valence-electron chi connectivity index (χ1n) is 3.85. The maximum Gasteiger partial charge on any atom is 0.356 e. The van der Waals surface area contributed by atoms with Gasteiger partial charge in [0.25, 0.3) is 0 Å². The first-order chi connectivity index (χ1) is 6.50. The number of rotatable bonds is 2. The van der Waals surface area contributed by atoms with Crippen molar-refractivity contribution in [3.8, 4) is 0 Å². The SMILES string of the molecule is CC(=O)Nc1nc(C(=O)O)cnc1C. The Morgan fingerprint density at radius 3 is 2.64 bits per heavy atom. The molecule has 1 rings (SSSR count). The summed E-state index contributed by atoms with van der Waals surface area (Å²) in [5.74, 6) is -1.31. The molecule has 0 spiro atoms. The number of amides is 1. The predicted molar refractivity (Wildman–Crippen MR) is 48.0 cm³/mol. The van der Waals surface area contributed by atoms with Crippen molar-refractivity contribution in [3.05, 3.63) is 17.6 Å². The number of nitrogens with zero attached hydrogens (tertiary/aromatic N) is 2. The fourth-order valence-corrected chi connectivity index (χ4v) is 0.838. The van der Waals surface area contributed by atoms with Crippen molar-refractivity contribution in [2.24, 2.45) is 0 Å². The van der Waals surface area contributed by atoms with Crippen LogP contribution in [0.1, 0.15) is 23.1 Å². The summed E-state index contributed by atoms with van der Waals surface area (Å²) in [5, 5.41) is 11.0. The van der Waals surface area contributed by atoms with Gasteiger partial charge in [-0.2, -0.15) is 0 Å². The zero-order valence-electron chi connectivity index (χ0n) is 7.74. The molecule has 0 saturated heterocycles. The summed E-state index contributed by atoms with van der Waals surface area (Å²) in [7, 11) is 0. The van der Waals surface area contributed by atoms with Crippen LogP contribution in [0.4, 0.5) is 5.82 Å². The van der Waals surface area contributed by atoms with E-state index in [9.17, 15) is 9.59 Å². The van der Waals surface area contributed by atoms with Crippen molar-refractivity contribution in [1.29, 1.82) is 0 Å². The van der Waals surface area contributed by atoms with Gasteiger partial charge in [-0.05, 0) is 6.92 Å². The molecule has 0 saturated carbocycles. The van der Waals surface area contributed by atoms with E-state index < -0.39 is 5.97 Å². The number of carbonyl (C=O) groups excluding carboxylic acids is 1. The standard InChI is InChI=1S/C8H9N3O3/c1-4-7(10-5(2)12)11-6(3-9-4)8(13)14/h3H,1-2H3,(H,13,14)(H,10,11,12). The summed E-state index contributed by atoms with van der Waals surface area (Å²) in [6.07, 6.45) is 1.14. The minimum atomic E-state index is -1.18. The largest absolute Gasteiger partial charge is 0.476 e. The second-order valence-corrected chi connectivity index (χ2v) is 2.68. The number of aromatic nitrogens is 2. The topological polar surface area (TPSA) is 92.2 Å². The van der Waals surface area contributed by atoms with Crippen molar-refractivity contribution in [2.75, 3.05) is 5.32 Å². The molecule has 2 N–H and O–H groups in total. The molecule has 0 fully saturated rings. The normalized spacial score (nSPS) is 9.57. The van der Waals surface area contributed by atoms with Crippen LogP contribution in [0.25, 0.3) is 0 Å². The van der Waals surface area contributed by atoms with Crippen molar-refractivity contribution in [1.82, 2.24) is 9.97 Å². The molecule has 1 heterocycles. The Morgan fingerprint density at radius 2 is 2.14 bits per heavy atom.